The van der Waals surface area contributed by atoms with Crippen LogP contribution in [0.4, 0.5) is 26.1 Å². The minimum Gasteiger partial charge on any atom is -0.493 e. The number of H-pyrrole nitrogens is 1. The second-order valence-corrected chi connectivity index (χ2v) is 10.1. The summed E-state index contributed by atoms with van der Waals surface area (Å²) in [6, 6.07) is 8.65. The van der Waals surface area contributed by atoms with Gasteiger partial charge < -0.3 is 25.2 Å². The largest absolute Gasteiger partial charge is 0.493 e. The van der Waals surface area contributed by atoms with E-state index in [0.717, 1.165) is 25.6 Å². The molecular formula is C29H35F2N7O4. The van der Waals surface area contributed by atoms with Crippen molar-refractivity contribution in [3.63, 3.8) is 0 Å². The molecule has 224 valence electrons. The van der Waals surface area contributed by atoms with Gasteiger partial charge in [-0.1, -0.05) is 19.9 Å². The van der Waals surface area contributed by atoms with Crippen LogP contribution in [-0.2, 0) is 11.2 Å². The van der Waals surface area contributed by atoms with E-state index in [1.807, 2.05) is 0 Å². The summed E-state index contributed by atoms with van der Waals surface area (Å²) < 4.78 is 41.2. The predicted molar refractivity (Wildman–Crippen MR) is 154 cm³/mol. The summed E-state index contributed by atoms with van der Waals surface area (Å²) in [7, 11) is 1.50. The van der Waals surface area contributed by atoms with Crippen molar-refractivity contribution in [3.05, 3.63) is 60.1 Å². The average molecular weight is 584 g/mol. The molecular weight excluding hydrogens is 548 g/mol. The third-order valence-electron chi connectivity index (χ3n) is 6.41. The number of ether oxygens (including phenoxy) is 2. The van der Waals surface area contributed by atoms with Crippen LogP contribution in [0, 0.1) is 17.6 Å². The van der Waals surface area contributed by atoms with Crippen molar-refractivity contribution in [2.75, 3.05) is 44.9 Å². The number of aliphatic hydroxyl groups is 1. The van der Waals surface area contributed by atoms with Crippen molar-refractivity contribution in [3.8, 4) is 11.5 Å². The van der Waals surface area contributed by atoms with E-state index in [4.69, 9.17) is 15.2 Å². The van der Waals surface area contributed by atoms with E-state index in [-0.39, 0.29) is 30.4 Å². The number of aliphatic hydroxyl groups excluding tert-OH is 1. The summed E-state index contributed by atoms with van der Waals surface area (Å²) in [6.07, 6.45) is 1.90. The highest BCUT2D eigenvalue weighted by molar-refractivity contribution is 5.96. The topological polar surface area (TPSA) is 143 Å². The Hall–Kier alpha value is -4.36. The highest BCUT2D eigenvalue weighted by atomic mass is 19.2. The van der Waals surface area contributed by atoms with E-state index in [1.165, 1.54) is 36.5 Å². The molecule has 0 aliphatic carbocycles. The fraction of sp³-hybridized carbons (Fsp3) is 0.379. The predicted octanol–water partition coefficient (Wildman–Crippen LogP) is 3.86. The molecule has 11 nitrogen and oxygen atoms in total. The van der Waals surface area contributed by atoms with Crippen molar-refractivity contribution < 1.29 is 28.2 Å². The maximum absolute atomic E-state index is 15.2. The van der Waals surface area contributed by atoms with Gasteiger partial charge in [-0.3, -0.25) is 14.8 Å². The zero-order valence-electron chi connectivity index (χ0n) is 23.8. The molecule has 0 saturated heterocycles. The number of anilines is 3. The molecule has 0 spiro atoms. The van der Waals surface area contributed by atoms with Crippen LogP contribution < -0.4 is 20.1 Å². The van der Waals surface area contributed by atoms with Gasteiger partial charge >= 0.3 is 0 Å². The lowest BCUT2D eigenvalue weighted by Gasteiger charge is -2.24. The lowest BCUT2D eigenvalue weighted by molar-refractivity contribution is -0.117. The van der Waals surface area contributed by atoms with Crippen molar-refractivity contribution in [1.29, 1.82) is 0 Å². The zero-order chi connectivity index (χ0) is 30.2. The van der Waals surface area contributed by atoms with Crippen LogP contribution in [0.5, 0.6) is 11.5 Å². The normalized spacial score (nSPS) is 11.4. The number of primary amides is 1. The van der Waals surface area contributed by atoms with Crippen LogP contribution in [0.25, 0.3) is 10.9 Å². The number of nitrogens with two attached hydrogens (primary N) is 1. The minimum absolute atomic E-state index is 0.0926. The van der Waals surface area contributed by atoms with E-state index in [1.54, 1.807) is 12.1 Å². The van der Waals surface area contributed by atoms with Gasteiger partial charge in [0.05, 0.1) is 37.9 Å². The molecule has 13 heteroatoms. The summed E-state index contributed by atoms with van der Waals surface area (Å²) in [5.41, 5.74) is 6.02. The quantitative estimate of drug-likeness (QED) is 0.178. The third kappa shape index (κ3) is 7.28. The van der Waals surface area contributed by atoms with Gasteiger partial charge in [0.25, 0.3) is 0 Å². The molecule has 0 aliphatic rings. The first-order valence-corrected chi connectivity index (χ1v) is 13.6. The van der Waals surface area contributed by atoms with Crippen LogP contribution in [0.15, 0.2) is 42.7 Å². The Morgan fingerprint density at radius 2 is 1.95 bits per heavy atom. The van der Waals surface area contributed by atoms with Gasteiger partial charge in [-0.05, 0) is 30.5 Å². The second-order valence-electron chi connectivity index (χ2n) is 10.1. The first kappa shape index (κ1) is 30.6. The van der Waals surface area contributed by atoms with Gasteiger partial charge in [-0.15, -0.1) is 0 Å². The minimum atomic E-state index is -1.11. The summed E-state index contributed by atoms with van der Waals surface area (Å²) in [5, 5.41) is 16.7. The molecule has 0 bridgehead atoms. The Labute approximate surface area is 242 Å². The van der Waals surface area contributed by atoms with Crippen molar-refractivity contribution in [1.82, 2.24) is 25.1 Å². The van der Waals surface area contributed by atoms with E-state index < -0.39 is 17.5 Å². The number of fused-ring (bicyclic) bond motifs is 1. The van der Waals surface area contributed by atoms with Crippen LogP contribution in [0.2, 0.25) is 0 Å². The number of hydrogen-bond acceptors (Lipinski definition) is 9. The van der Waals surface area contributed by atoms with Gasteiger partial charge in [-0.25, -0.2) is 18.7 Å². The molecule has 4 aromatic rings. The Morgan fingerprint density at radius 1 is 1.14 bits per heavy atom. The van der Waals surface area contributed by atoms with Crippen molar-refractivity contribution in [2.45, 2.75) is 26.7 Å². The fourth-order valence-corrected chi connectivity index (χ4v) is 4.68. The molecule has 2 aromatic carbocycles. The number of rotatable bonds is 15. The van der Waals surface area contributed by atoms with E-state index >= 15 is 4.39 Å². The first-order valence-electron chi connectivity index (χ1n) is 13.6. The van der Waals surface area contributed by atoms with Gasteiger partial charge in [0.15, 0.2) is 29.0 Å². The monoisotopic (exact) mass is 583 g/mol. The molecule has 0 atom stereocenters. The van der Waals surface area contributed by atoms with Crippen molar-refractivity contribution in [2.24, 2.45) is 11.7 Å². The Kier molecular flexibility index (Phi) is 10.2. The number of hydrogen-bond donors (Lipinski definition) is 3. The number of methoxy groups -OCH3 is 1. The molecule has 2 aromatic heterocycles. The standard InChI is InChI=1S/C29H35F2N7O4/c1-18(2)16-37(9-10-39)8-5-11-42-25-15-22-20(14-24(25)41-3)29(34-17-33-22)38(23-7-4-6-21(30)28(23)31)27-13-19(35-36-27)12-26(32)40/h4,6-7,13-15,17-18,39H,5,8-12,16H2,1-3H3,(H2,32,40)(H,35,36). The lowest BCUT2D eigenvalue weighted by Crippen LogP contribution is -2.32. The molecule has 0 radical (unpaired) electrons. The number of aromatic amines is 1. The highest BCUT2D eigenvalue weighted by Crippen LogP contribution is 2.41. The van der Waals surface area contributed by atoms with E-state index in [0.29, 0.717) is 47.2 Å². The summed E-state index contributed by atoms with van der Waals surface area (Å²) in [6.45, 7) is 6.99. The third-order valence-corrected chi connectivity index (χ3v) is 6.41. The second kappa shape index (κ2) is 14.0. The fourth-order valence-electron chi connectivity index (χ4n) is 4.68. The van der Waals surface area contributed by atoms with Gasteiger partial charge in [0.1, 0.15) is 12.1 Å². The summed E-state index contributed by atoms with van der Waals surface area (Å²) >= 11 is 0. The number of carbonyl (C=O) groups excluding carboxylic acids is 1. The molecule has 4 rings (SSSR count). The number of halogens is 2. The van der Waals surface area contributed by atoms with Crippen LogP contribution >= 0.6 is 0 Å². The first-order chi connectivity index (χ1) is 20.2. The smallest absolute Gasteiger partial charge is 0.223 e. The molecule has 4 N–H and O–H groups in total. The number of benzene rings is 2. The molecule has 0 saturated carbocycles. The van der Waals surface area contributed by atoms with Crippen molar-refractivity contribution >= 4 is 34.1 Å². The molecule has 0 unspecified atom stereocenters. The number of aromatic nitrogens is 4. The highest BCUT2D eigenvalue weighted by Gasteiger charge is 2.25. The maximum Gasteiger partial charge on any atom is 0.223 e. The molecule has 0 aliphatic heterocycles. The van der Waals surface area contributed by atoms with Gasteiger partial charge in [0.2, 0.25) is 5.91 Å². The Morgan fingerprint density at radius 3 is 2.67 bits per heavy atom. The number of nitrogens with zero attached hydrogens (tertiary/aromatic N) is 5. The molecule has 1 amide bonds. The Bertz CT molecular complexity index is 1510. The molecule has 2 heterocycles. The number of nitrogens with one attached hydrogen (secondary N) is 1. The summed E-state index contributed by atoms with van der Waals surface area (Å²) in [4.78, 5) is 23.8. The average Bonchev–Trinajstić information content (AvgIpc) is 3.40. The van der Waals surface area contributed by atoms with E-state index in [9.17, 15) is 14.3 Å². The number of carbonyl (C=O) groups is 1. The zero-order valence-corrected chi connectivity index (χ0v) is 23.8. The SMILES string of the molecule is COc1cc2c(N(c3cc(CC(N)=O)[nH]n3)c3cccc(F)c3F)ncnc2cc1OCCCN(CCO)CC(C)C. The van der Waals surface area contributed by atoms with Crippen LogP contribution in [0.1, 0.15) is 26.0 Å². The summed E-state index contributed by atoms with van der Waals surface area (Å²) in [5.74, 6) is -1.07. The Balaban J connectivity index is 1.69. The van der Waals surface area contributed by atoms with Crippen LogP contribution in [0.3, 0.4) is 0 Å². The number of amides is 1. The van der Waals surface area contributed by atoms with Gasteiger partial charge in [0, 0.05) is 42.8 Å². The van der Waals surface area contributed by atoms with E-state index in [2.05, 4.69) is 38.9 Å². The molecule has 42 heavy (non-hydrogen) atoms. The molecule has 0 fully saturated rings. The lowest BCUT2D eigenvalue weighted by atomic mass is 10.1. The van der Waals surface area contributed by atoms with Crippen LogP contribution in [-0.4, -0.2) is 76.0 Å². The maximum atomic E-state index is 15.2. The van der Waals surface area contributed by atoms with Gasteiger partial charge in [-0.2, -0.15) is 5.10 Å².